The summed E-state index contributed by atoms with van der Waals surface area (Å²) in [5, 5.41) is 2.60. The average molecular weight is 265 g/mol. The number of nitrogens with one attached hydrogen (secondary N) is 2. The van der Waals surface area contributed by atoms with Gasteiger partial charge >= 0.3 is 0 Å². The third-order valence-corrected chi connectivity index (χ3v) is 4.09. The quantitative estimate of drug-likeness (QED) is 0.511. The number of carbonyl (C=O) groups is 1. The summed E-state index contributed by atoms with van der Waals surface area (Å²) in [6.45, 7) is 5.87. The predicted octanol–water partition coefficient (Wildman–Crippen LogP) is -0.585. The zero-order valence-corrected chi connectivity index (χ0v) is 11.5. The molecule has 0 aliphatic rings. The molecule has 6 nitrogen and oxygen atoms in total. The molecule has 0 aromatic carbocycles. The fourth-order valence-corrected chi connectivity index (χ4v) is 1.74. The standard InChI is InChI=1S/C10H23N3O3S/c1-4-8(3)9(11)10(14)12-6-7-13-17(15,16)5-2/h8-9,13H,4-7,11H2,1-3H3,(H,12,14). The van der Waals surface area contributed by atoms with Crippen LogP contribution < -0.4 is 15.8 Å². The minimum Gasteiger partial charge on any atom is -0.353 e. The van der Waals surface area contributed by atoms with Crippen LogP contribution in [0.3, 0.4) is 0 Å². The summed E-state index contributed by atoms with van der Waals surface area (Å²) in [6, 6.07) is -0.539. The van der Waals surface area contributed by atoms with E-state index in [1.54, 1.807) is 6.92 Å². The van der Waals surface area contributed by atoms with E-state index in [-0.39, 0.29) is 30.7 Å². The molecule has 0 aliphatic carbocycles. The second-order valence-corrected chi connectivity index (χ2v) is 6.10. The van der Waals surface area contributed by atoms with Crippen LogP contribution in [0.5, 0.6) is 0 Å². The monoisotopic (exact) mass is 265 g/mol. The van der Waals surface area contributed by atoms with Gasteiger partial charge in [-0.1, -0.05) is 20.3 Å². The Morgan fingerprint density at radius 1 is 1.29 bits per heavy atom. The van der Waals surface area contributed by atoms with Crippen LogP contribution in [0.2, 0.25) is 0 Å². The fourth-order valence-electron chi connectivity index (χ4n) is 1.12. The summed E-state index contributed by atoms with van der Waals surface area (Å²) in [7, 11) is -3.19. The van der Waals surface area contributed by atoms with Gasteiger partial charge in [-0.3, -0.25) is 4.79 Å². The number of nitrogens with two attached hydrogens (primary N) is 1. The SMILES string of the molecule is CCC(C)C(N)C(=O)NCCNS(=O)(=O)CC. The van der Waals surface area contributed by atoms with E-state index in [0.29, 0.717) is 0 Å². The first kappa shape index (κ1) is 16.3. The van der Waals surface area contributed by atoms with Crippen molar-refractivity contribution >= 4 is 15.9 Å². The van der Waals surface area contributed by atoms with Crippen LogP contribution in [0.15, 0.2) is 0 Å². The third-order valence-electron chi connectivity index (χ3n) is 2.69. The van der Waals surface area contributed by atoms with Crippen LogP contribution in [-0.2, 0) is 14.8 Å². The zero-order chi connectivity index (χ0) is 13.5. The van der Waals surface area contributed by atoms with Crippen LogP contribution in [0, 0.1) is 5.92 Å². The van der Waals surface area contributed by atoms with Gasteiger partial charge in [0.2, 0.25) is 15.9 Å². The molecule has 0 bridgehead atoms. The summed E-state index contributed by atoms with van der Waals surface area (Å²) < 4.78 is 24.5. The van der Waals surface area contributed by atoms with Crippen molar-refractivity contribution in [2.24, 2.45) is 11.7 Å². The highest BCUT2D eigenvalue weighted by atomic mass is 32.2. The molecule has 102 valence electrons. The lowest BCUT2D eigenvalue weighted by molar-refractivity contribution is -0.123. The van der Waals surface area contributed by atoms with Crippen LogP contribution in [0.1, 0.15) is 27.2 Å². The maximum absolute atomic E-state index is 11.5. The molecule has 2 unspecified atom stereocenters. The van der Waals surface area contributed by atoms with Crippen molar-refractivity contribution in [1.82, 2.24) is 10.0 Å². The Labute approximate surface area is 103 Å². The smallest absolute Gasteiger partial charge is 0.237 e. The Morgan fingerprint density at radius 2 is 1.88 bits per heavy atom. The van der Waals surface area contributed by atoms with Gasteiger partial charge in [-0.25, -0.2) is 13.1 Å². The molecular weight excluding hydrogens is 242 g/mol. The van der Waals surface area contributed by atoms with Crippen molar-refractivity contribution in [3.63, 3.8) is 0 Å². The molecule has 17 heavy (non-hydrogen) atoms. The van der Waals surface area contributed by atoms with E-state index >= 15 is 0 Å². The van der Waals surface area contributed by atoms with Crippen molar-refractivity contribution < 1.29 is 13.2 Å². The second kappa shape index (κ2) is 7.62. The van der Waals surface area contributed by atoms with Crippen LogP contribution >= 0.6 is 0 Å². The van der Waals surface area contributed by atoms with Crippen molar-refractivity contribution in [1.29, 1.82) is 0 Å². The Bertz CT molecular complexity index is 330. The van der Waals surface area contributed by atoms with Crippen LogP contribution in [-0.4, -0.2) is 39.2 Å². The highest BCUT2D eigenvalue weighted by Gasteiger charge is 2.18. The summed E-state index contributed by atoms with van der Waals surface area (Å²) in [6.07, 6.45) is 0.830. The molecule has 0 saturated carbocycles. The summed E-state index contributed by atoms with van der Waals surface area (Å²) >= 11 is 0. The third kappa shape index (κ3) is 6.60. The summed E-state index contributed by atoms with van der Waals surface area (Å²) in [4.78, 5) is 11.5. The summed E-state index contributed by atoms with van der Waals surface area (Å²) in [5.74, 6) is -0.0924. The molecule has 2 atom stereocenters. The largest absolute Gasteiger partial charge is 0.353 e. The topological polar surface area (TPSA) is 101 Å². The fraction of sp³-hybridized carbons (Fsp3) is 0.900. The Hall–Kier alpha value is -0.660. The van der Waals surface area contributed by atoms with Gasteiger partial charge in [-0.05, 0) is 12.8 Å². The maximum atomic E-state index is 11.5. The first-order valence-corrected chi connectivity index (χ1v) is 7.49. The summed E-state index contributed by atoms with van der Waals surface area (Å²) in [5.41, 5.74) is 5.71. The van der Waals surface area contributed by atoms with E-state index < -0.39 is 16.1 Å². The predicted molar refractivity (Wildman–Crippen MR) is 67.9 cm³/mol. The molecule has 7 heteroatoms. The Morgan fingerprint density at radius 3 is 2.35 bits per heavy atom. The number of amides is 1. The molecule has 0 saturated heterocycles. The van der Waals surface area contributed by atoms with Crippen LogP contribution in [0.4, 0.5) is 0 Å². The molecule has 0 rings (SSSR count). The average Bonchev–Trinajstić information content (AvgIpc) is 2.32. The number of carbonyl (C=O) groups excluding carboxylic acids is 1. The number of hydrogen-bond acceptors (Lipinski definition) is 4. The Kier molecular flexibility index (Phi) is 7.33. The van der Waals surface area contributed by atoms with Crippen molar-refractivity contribution in [2.45, 2.75) is 33.2 Å². The number of sulfonamides is 1. The highest BCUT2D eigenvalue weighted by Crippen LogP contribution is 2.04. The van der Waals surface area contributed by atoms with Gasteiger partial charge in [0.25, 0.3) is 0 Å². The van der Waals surface area contributed by atoms with E-state index in [1.165, 1.54) is 0 Å². The van der Waals surface area contributed by atoms with E-state index in [1.807, 2.05) is 13.8 Å². The molecule has 0 heterocycles. The molecule has 1 amide bonds. The molecule has 0 aromatic heterocycles. The van der Waals surface area contributed by atoms with E-state index in [2.05, 4.69) is 10.0 Å². The first-order valence-electron chi connectivity index (χ1n) is 5.84. The minimum absolute atomic E-state index is 0.0350. The lowest BCUT2D eigenvalue weighted by Crippen LogP contribution is -2.46. The minimum atomic E-state index is -3.19. The molecular formula is C10H23N3O3S. The normalized spacial score (nSPS) is 15.3. The van der Waals surface area contributed by atoms with Gasteiger partial charge in [-0.15, -0.1) is 0 Å². The first-order chi connectivity index (χ1) is 7.84. The van der Waals surface area contributed by atoms with E-state index in [9.17, 15) is 13.2 Å². The molecule has 0 fully saturated rings. The lowest BCUT2D eigenvalue weighted by Gasteiger charge is -2.17. The van der Waals surface area contributed by atoms with Gasteiger partial charge in [0.05, 0.1) is 11.8 Å². The van der Waals surface area contributed by atoms with Gasteiger partial charge in [0.15, 0.2) is 0 Å². The number of hydrogen-bond donors (Lipinski definition) is 3. The lowest BCUT2D eigenvalue weighted by atomic mass is 9.99. The molecule has 0 aliphatic heterocycles. The number of rotatable bonds is 8. The van der Waals surface area contributed by atoms with Gasteiger partial charge in [0.1, 0.15) is 0 Å². The second-order valence-electron chi connectivity index (χ2n) is 4.00. The van der Waals surface area contributed by atoms with Crippen LogP contribution in [0.25, 0.3) is 0 Å². The molecule has 0 radical (unpaired) electrons. The van der Waals surface area contributed by atoms with Crippen molar-refractivity contribution in [3.8, 4) is 0 Å². The van der Waals surface area contributed by atoms with Crippen molar-refractivity contribution in [2.75, 3.05) is 18.8 Å². The van der Waals surface area contributed by atoms with Gasteiger partial charge < -0.3 is 11.1 Å². The zero-order valence-electron chi connectivity index (χ0n) is 10.7. The molecule has 4 N–H and O–H groups in total. The molecule has 0 aromatic rings. The Balaban J connectivity index is 3.87. The van der Waals surface area contributed by atoms with E-state index in [0.717, 1.165) is 6.42 Å². The van der Waals surface area contributed by atoms with E-state index in [4.69, 9.17) is 5.73 Å². The van der Waals surface area contributed by atoms with Crippen molar-refractivity contribution in [3.05, 3.63) is 0 Å². The van der Waals surface area contributed by atoms with Gasteiger partial charge in [-0.2, -0.15) is 0 Å². The van der Waals surface area contributed by atoms with Gasteiger partial charge in [0, 0.05) is 13.1 Å². The highest BCUT2D eigenvalue weighted by molar-refractivity contribution is 7.89. The maximum Gasteiger partial charge on any atom is 0.237 e. The molecule has 0 spiro atoms.